The van der Waals surface area contributed by atoms with Gasteiger partial charge in [0.25, 0.3) is 0 Å². The number of aliphatic hydroxyl groups is 1. The van der Waals surface area contributed by atoms with Crippen molar-refractivity contribution in [3.05, 3.63) is 11.9 Å². The molecule has 0 radical (unpaired) electrons. The zero-order chi connectivity index (χ0) is 14.0. The van der Waals surface area contributed by atoms with Crippen LogP contribution < -0.4 is 4.74 Å². The third kappa shape index (κ3) is 2.92. The summed E-state index contributed by atoms with van der Waals surface area (Å²) in [6.45, 7) is 3.84. The van der Waals surface area contributed by atoms with Crippen LogP contribution in [-0.4, -0.2) is 47.5 Å². The van der Waals surface area contributed by atoms with E-state index in [2.05, 4.69) is 16.9 Å². The molecular weight excluding hydrogens is 242 g/mol. The number of hydrogen-bond donors (Lipinski definition) is 1. The fraction of sp³-hybridized carbons (Fsp3) is 0.786. The normalized spacial score (nSPS) is 27.2. The number of methoxy groups -OCH3 is 1. The molecule has 1 aromatic rings. The van der Waals surface area contributed by atoms with Gasteiger partial charge in [0.15, 0.2) is 5.75 Å². The van der Waals surface area contributed by atoms with Crippen LogP contribution >= 0.6 is 0 Å². The van der Waals surface area contributed by atoms with Gasteiger partial charge in [-0.3, -0.25) is 4.68 Å². The van der Waals surface area contributed by atoms with Crippen molar-refractivity contribution < 1.29 is 9.84 Å². The van der Waals surface area contributed by atoms with Gasteiger partial charge >= 0.3 is 0 Å². The lowest BCUT2D eigenvalue weighted by molar-refractivity contribution is 0.0286. The molecule has 0 aliphatic heterocycles. The lowest BCUT2D eigenvalue weighted by Gasteiger charge is -2.25. The first-order valence-corrected chi connectivity index (χ1v) is 6.93. The molecule has 19 heavy (non-hydrogen) atoms. The van der Waals surface area contributed by atoms with Crippen molar-refractivity contribution in [2.24, 2.45) is 5.92 Å². The predicted molar refractivity (Wildman–Crippen MR) is 74.2 cm³/mol. The van der Waals surface area contributed by atoms with Crippen molar-refractivity contribution >= 4 is 0 Å². The number of ether oxygens (including phenoxy) is 1. The largest absolute Gasteiger partial charge is 0.493 e. The minimum atomic E-state index is -0.784. The van der Waals surface area contributed by atoms with Crippen molar-refractivity contribution in [2.45, 2.75) is 38.3 Å². The molecule has 2 atom stereocenters. The van der Waals surface area contributed by atoms with Gasteiger partial charge in [-0.25, -0.2) is 0 Å². The zero-order valence-electron chi connectivity index (χ0n) is 12.4. The average molecular weight is 267 g/mol. The van der Waals surface area contributed by atoms with Crippen LogP contribution in [0.3, 0.4) is 0 Å². The molecule has 0 aromatic carbocycles. The molecule has 1 fully saturated rings. The molecular formula is C14H25N3O2. The summed E-state index contributed by atoms with van der Waals surface area (Å²) in [6, 6.07) is 0. The second-order valence-corrected chi connectivity index (χ2v) is 5.97. The molecule has 2 unspecified atom stereocenters. The third-order valence-electron chi connectivity index (χ3n) is 3.96. The first-order chi connectivity index (χ1) is 8.96. The van der Waals surface area contributed by atoms with E-state index >= 15 is 0 Å². The Morgan fingerprint density at radius 1 is 1.58 bits per heavy atom. The summed E-state index contributed by atoms with van der Waals surface area (Å²) in [4.78, 5) is 2.11. The molecule has 5 heteroatoms. The Morgan fingerprint density at radius 2 is 2.32 bits per heavy atom. The van der Waals surface area contributed by atoms with Gasteiger partial charge in [0, 0.05) is 6.54 Å². The molecule has 1 saturated carbocycles. The van der Waals surface area contributed by atoms with E-state index in [9.17, 15) is 5.11 Å². The Kier molecular flexibility index (Phi) is 4.16. The van der Waals surface area contributed by atoms with E-state index in [1.807, 2.05) is 18.8 Å². The molecule has 0 spiro atoms. The van der Waals surface area contributed by atoms with Crippen molar-refractivity contribution in [2.75, 3.05) is 27.7 Å². The highest BCUT2D eigenvalue weighted by atomic mass is 16.5. The molecule has 1 heterocycles. The van der Waals surface area contributed by atoms with Gasteiger partial charge in [-0.15, -0.1) is 0 Å². The topological polar surface area (TPSA) is 50.5 Å². The van der Waals surface area contributed by atoms with Crippen LogP contribution in [-0.2, 0) is 12.1 Å². The van der Waals surface area contributed by atoms with Gasteiger partial charge in [-0.1, -0.05) is 6.92 Å². The lowest BCUT2D eigenvalue weighted by Crippen LogP contribution is -2.29. The molecule has 0 amide bonds. The summed E-state index contributed by atoms with van der Waals surface area (Å²) < 4.78 is 7.29. The van der Waals surface area contributed by atoms with Crippen molar-refractivity contribution in [1.29, 1.82) is 0 Å². The van der Waals surface area contributed by atoms with Crippen LogP contribution in [0.1, 0.15) is 31.9 Å². The number of likely N-dealkylation sites (N-methyl/N-ethyl adjacent to an activating group) is 1. The maximum absolute atomic E-state index is 10.9. The molecule has 5 nitrogen and oxygen atoms in total. The fourth-order valence-electron chi connectivity index (χ4n) is 2.93. The molecule has 1 aliphatic rings. The van der Waals surface area contributed by atoms with Crippen LogP contribution in [0.5, 0.6) is 5.75 Å². The van der Waals surface area contributed by atoms with Crippen molar-refractivity contribution in [1.82, 2.24) is 14.7 Å². The number of nitrogens with zero attached hydrogens (tertiary/aromatic N) is 3. The van der Waals surface area contributed by atoms with Crippen LogP contribution in [0.4, 0.5) is 0 Å². The van der Waals surface area contributed by atoms with E-state index in [1.54, 1.807) is 13.3 Å². The third-order valence-corrected chi connectivity index (χ3v) is 3.96. The van der Waals surface area contributed by atoms with E-state index in [-0.39, 0.29) is 0 Å². The Morgan fingerprint density at radius 3 is 2.84 bits per heavy atom. The van der Waals surface area contributed by atoms with E-state index in [0.29, 0.717) is 11.7 Å². The molecule has 0 bridgehead atoms. The summed E-state index contributed by atoms with van der Waals surface area (Å²) in [6.07, 6.45) is 4.35. The highest BCUT2D eigenvalue weighted by molar-refractivity contribution is 5.31. The van der Waals surface area contributed by atoms with Crippen LogP contribution in [0.15, 0.2) is 6.20 Å². The van der Waals surface area contributed by atoms with E-state index in [4.69, 9.17) is 4.74 Å². The molecule has 0 saturated heterocycles. The first kappa shape index (κ1) is 14.3. The summed E-state index contributed by atoms with van der Waals surface area (Å²) in [5.74, 6) is 1.25. The quantitative estimate of drug-likeness (QED) is 0.877. The highest BCUT2D eigenvalue weighted by Gasteiger charge is 2.41. The van der Waals surface area contributed by atoms with Crippen molar-refractivity contribution in [3.63, 3.8) is 0 Å². The van der Waals surface area contributed by atoms with E-state index < -0.39 is 5.60 Å². The maximum Gasteiger partial charge on any atom is 0.162 e. The van der Waals surface area contributed by atoms with Crippen LogP contribution in [0.25, 0.3) is 0 Å². The Balaban J connectivity index is 2.28. The Labute approximate surface area is 115 Å². The van der Waals surface area contributed by atoms with Gasteiger partial charge < -0.3 is 14.7 Å². The molecule has 1 N–H and O–H groups in total. The van der Waals surface area contributed by atoms with Gasteiger partial charge in [0.1, 0.15) is 11.3 Å². The van der Waals surface area contributed by atoms with Crippen molar-refractivity contribution in [3.8, 4) is 5.75 Å². The first-order valence-electron chi connectivity index (χ1n) is 6.93. The molecule has 1 aromatic heterocycles. The highest BCUT2D eigenvalue weighted by Crippen LogP contribution is 2.44. The fourth-order valence-corrected chi connectivity index (χ4v) is 2.93. The zero-order valence-corrected chi connectivity index (χ0v) is 12.4. The second-order valence-electron chi connectivity index (χ2n) is 5.97. The minimum Gasteiger partial charge on any atom is -0.493 e. The SMILES string of the molecule is COc1cnn(CCN(C)C)c1C1(O)CCC(C)C1. The van der Waals surface area contributed by atoms with Crippen LogP contribution in [0, 0.1) is 5.92 Å². The Hall–Kier alpha value is -1.07. The number of rotatable bonds is 5. The maximum atomic E-state index is 10.9. The average Bonchev–Trinajstić information content (AvgIpc) is 2.91. The van der Waals surface area contributed by atoms with Gasteiger partial charge in [-0.05, 0) is 39.3 Å². The monoisotopic (exact) mass is 267 g/mol. The smallest absolute Gasteiger partial charge is 0.162 e. The summed E-state index contributed by atoms with van der Waals surface area (Å²) in [7, 11) is 5.71. The lowest BCUT2D eigenvalue weighted by atomic mass is 9.96. The second kappa shape index (κ2) is 5.51. The summed E-state index contributed by atoms with van der Waals surface area (Å²) in [5.41, 5.74) is 0.0642. The molecule has 1 aliphatic carbocycles. The van der Waals surface area contributed by atoms with Gasteiger partial charge in [0.2, 0.25) is 0 Å². The van der Waals surface area contributed by atoms with Gasteiger partial charge in [-0.2, -0.15) is 5.10 Å². The van der Waals surface area contributed by atoms with Crippen LogP contribution in [0.2, 0.25) is 0 Å². The predicted octanol–water partition coefficient (Wildman–Crippen LogP) is 1.46. The molecule has 2 rings (SSSR count). The standard InChI is InChI=1S/C14H25N3O2/c1-11-5-6-14(18,9-11)13-12(19-4)10-15-17(13)8-7-16(2)3/h10-11,18H,5-9H2,1-4H3. The van der Waals surface area contributed by atoms with E-state index in [0.717, 1.165) is 38.0 Å². The number of hydrogen-bond acceptors (Lipinski definition) is 4. The summed E-state index contributed by atoms with van der Waals surface area (Å²) >= 11 is 0. The molecule has 108 valence electrons. The van der Waals surface area contributed by atoms with E-state index in [1.165, 1.54) is 0 Å². The Bertz CT molecular complexity index is 430. The number of aromatic nitrogens is 2. The van der Waals surface area contributed by atoms with Gasteiger partial charge in [0.05, 0.1) is 19.9 Å². The summed E-state index contributed by atoms with van der Waals surface area (Å²) in [5, 5.41) is 15.3. The minimum absolute atomic E-state index is 0.548.